The zero-order chi connectivity index (χ0) is 13.2. The molecule has 0 saturated carbocycles. The molecule has 0 spiro atoms. The molecule has 1 aromatic rings. The van der Waals surface area contributed by atoms with Gasteiger partial charge in [0.2, 0.25) is 5.91 Å². The summed E-state index contributed by atoms with van der Waals surface area (Å²) in [4.78, 5) is 17.8. The third kappa shape index (κ3) is 3.45. The van der Waals surface area contributed by atoms with Gasteiger partial charge >= 0.3 is 0 Å². The number of aromatic nitrogens is 1. The van der Waals surface area contributed by atoms with Crippen LogP contribution in [0.15, 0.2) is 18.3 Å². The Hall–Kier alpha value is -1.58. The number of carbonyl (C=O) groups is 1. The molecule has 0 aromatic carbocycles. The van der Waals surface area contributed by atoms with Crippen LogP contribution in [0.5, 0.6) is 0 Å². The maximum atomic E-state index is 11.3. The number of hydrogen-bond donors (Lipinski definition) is 1. The first kappa shape index (κ1) is 12.9. The van der Waals surface area contributed by atoms with Crippen molar-refractivity contribution in [2.45, 2.75) is 27.2 Å². The lowest BCUT2D eigenvalue weighted by atomic mass is 9.89. The van der Waals surface area contributed by atoms with Crippen molar-refractivity contribution in [1.82, 2.24) is 10.3 Å². The van der Waals surface area contributed by atoms with E-state index in [1.54, 1.807) is 0 Å². The van der Waals surface area contributed by atoms with E-state index in [1.165, 1.54) is 5.56 Å². The summed E-state index contributed by atoms with van der Waals surface area (Å²) in [5.41, 5.74) is 1.52. The van der Waals surface area contributed by atoms with Gasteiger partial charge in [0.15, 0.2) is 0 Å². The number of anilines is 1. The van der Waals surface area contributed by atoms with E-state index in [0.717, 1.165) is 18.8 Å². The minimum absolute atomic E-state index is 0.0711. The van der Waals surface area contributed by atoms with Crippen LogP contribution < -0.4 is 10.2 Å². The number of amides is 1. The Balaban J connectivity index is 2.05. The van der Waals surface area contributed by atoms with E-state index in [4.69, 9.17) is 0 Å². The van der Waals surface area contributed by atoms with Gasteiger partial charge in [-0.05, 0) is 23.5 Å². The largest absolute Gasteiger partial charge is 0.353 e. The van der Waals surface area contributed by atoms with Crippen LogP contribution in [0.25, 0.3) is 0 Å². The van der Waals surface area contributed by atoms with Gasteiger partial charge in [-0.15, -0.1) is 0 Å². The van der Waals surface area contributed by atoms with Gasteiger partial charge in [0.25, 0.3) is 0 Å². The Bertz CT molecular complexity index is 420. The van der Waals surface area contributed by atoms with Gasteiger partial charge in [-0.2, -0.15) is 0 Å². The number of piperazine rings is 1. The average molecular weight is 247 g/mol. The summed E-state index contributed by atoms with van der Waals surface area (Å²) in [6.07, 6.45) is 2.94. The lowest BCUT2D eigenvalue weighted by Crippen LogP contribution is -2.48. The normalized spacial score (nSPS) is 16.6. The van der Waals surface area contributed by atoms with Crippen LogP contribution >= 0.6 is 0 Å². The van der Waals surface area contributed by atoms with Crippen molar-refractivity contribution in [2.24, 2.45) is 5.41 Å². The Morgan fingerprint density at radius 1 is 1.39 bits per heavy atom. The molecule has 1 N–H and O–H groups in total. The fourth-order valence-corrected chi connectivity index (χ4v) is 2.15. The van der Waals surface area contributed by atoms with Gasteiger partial charge in [0.05, 0.1) is 6.54 Å². The molecule has 4 nitrogen and oxygen atoms in total. The summed E-state index contributed by atoms with van der Waals surface area (Å²) in [7, 11) is 0. The summed E-state index contributed by atoms with van der Waals surface area (Å²) in [5, 5.41) is 2.82. The Morgan fingerprint density at radius 3 is 2.72 bits per heavy atom. The van der Waals surface area contributed by atoms with Gasteiger partial charge in [0.1, 0.15) is 5.82 Å². The van der Waals surface area contributed by atoms with Crippen molar-refractivity contribution < 1.29 is 4.79 Å². The number of carbonyl (C=O) groups excluding carboxylic acids is 1. The first-order valence-electron chi connectivity index (χ1n) is 6.41. The summed E-state index contributed by atoms with van der Waals surface area (Å²) in [6, 6.07) is 4.12. The van der Waals surface area contributed by atoms with Crippen molar-refractivity contribution in [3.05, 3.63) is 23.9 Å². The number of nitrogens with zero attached hydrogens (tertiary/aromatic N) is 2. The maximum absolute atomic E-state index is 11.3. The van der Waals surface area contributed by atoms with Gasteiger partial charge in [-0.3, -0.25) is 4.79 Å². The zero-order valence-electron chi connectivity index (χ0n) is 11.4. The number of nitrogens with one attached hydrogen (secondary N) is 1. The zero-order valence-corrected chi connectivity index (χ0v) is 11.4. The van der Waals surface area contributed by atoms with Crippen molar-refractivity contribution in [3.8, 4) is 0 Å². The molecule has 0 unspecified atom stereocenters. The van der Waals surface area contributed by atoms with Crippen LogP contribution in [0.2, 0.25) is 0 Å². The van der Waals surface area contributed by atoms with Crippen LogP contribution in [0.1, 0.15) is 26.3 Å². The molecule has 1 amide bonds. The molecule has 0 atom stereocenters. The van der Waals surface area contributed by atoms with E-state index < -0.39 is 0 Å². The third-order valence-corrected chi connectivity index (χ3v) is 2.91. The molecule has 1 saturated heterocycles. The molecule has 2 heterocycles. The molecule has 0 bridgehead atoms. The van der Waals surface area contributed by atoms with Gasteiger partial charge in [0, 0.05) is 19.3 Å². The van der Waals surface area contributed by atoms with E-state index in [-0.39, 0.29) is 11.3 Å². The highest BCUT2D eigenvalue weighted by Crippen LogP contribution is 2.21. The summed E-state index contributed by atoms with van der Waals surface area (Å²) >= 11 is 0. The van der Waals surface area contributed by atoms with Crippen LogP contribution in [0.3, 0.4) is 0 Å². The Labute approximate surface area is 108 Å². The quantitative estimate of drug-likeness (QED) is 0.863. The molecular weight excluding hydrogens is 226 g/mol. The lowest BCUT2D eigenvalue weighted by Gasteiger charge is -2.27. The predicted molar refractivity (Wildman–Crippen MR) is 72.6 cm³/mol. The third-order valence-electron chi connectivity index (χ3n) is 2.91. The highest BCUT2D eigenvalue weighted by Gasteiger charge is 2.17. The first-order chi connectivity index (χ1) is 8.44. The molecule has 1 aliphatic rings. The van der Waals surface area contributed by atoms with E-state index in [9.17, 15) is 4.79 Å². The van der Waals surface area contributed by atoms with Crippen LogP contribution in [0.4, 0.5) is 5.82 Å². The van der Waals surface area contributed by atoms with Crippen molar-refractivity contribution in [1.29, 1.82) is 0 Å². The Morgan fingerprint density at radius 2 is 2.17 bits per heavy atom. The standard InChI is InChI=1S/C14H21N3O/c1-14(2,3)8-11-4-5-12(16-9-11)17-7-6-15-13(18)10-17/h4-5,9H,6-8,10H2,1-3H3,(H,15,18). The fraction of sp³-hybridized carbons (Fsp3) is 0.571. The first-order valence-corrected chi connectivity index (χ1v) is 6.41. The molecule has 0 aliphatic carbocycles. The lowest BCUT2D eigenvalue weighted by molar-refractivity contribution is -0.120. The molecule has 4 heteroatoms. The van der Waals surface area contributed by atoms with Crippen LogP contribution in [-0.2, 0) is 11.2 Å². The minimum atomic E-state index is 0.0711. The van der Waals surface area contributed by atoms with Crippen molar-refractivity contribution in [2.75, 3.05) is 24.5 Å². The average Bonchev–Trinajstić information content (AvgIpc) is 2.28. The second-order valence-electron chi connectivity index (χ2n) is 6.03. The monoisotopic (exact) mass is 247 g/mol. The van der Waals surface area contributed by atoms with E-state index >= 15 is 0 Å². The number of rotatable bonds is 2. The number of pyridine rings is 1. The summed E-state index contributed by atoms with van der Waals surface area (Å²) < 4.78 is 0. The van der Waals surface area contributed by atoms with E-state index in [0.29, 0.717) is 13.1 Å². The van der Waals surface area contributed by atoms with Crippen molar-refractivity contribution in [3.63, 3.8) is 0 Å². The fourth-order valence-electron chi connectivity index (χ4n) is 2.15. The smallest absolute Gasteiger partial charge is 0.239 e. The second-order valence-corrected chi connectivity index (χ2v) is 6.03. The minimum Gasteiger partial charge on any atom is -0.353 e. The van der Waals surface area contributed by atoms with E-state index in [2.05, 4.69) is 37.1 Å². The van der Waals surface area contributed by atoms with Gasteiger partial charge in [-0.25, -0.2) is 4.98 Å². The maximum Gasteiger partial charge on any atom is 0.239 e. The highest BCUT2D eigenvalue weighted by molar-refractivity contribution is 5.82. The molecule has 18 heavy (non-hydrogen) atoms. The highest BCUT2D eigenvalue weighted by atomic mass is 16.2. The predicted octanol–water partition coefficient (Wildman–Crippen LogP) is 1.61. The Kier molecular flexibility index (Phi) is 3.55. The van der Waals surface area contributed by atoms with Crippen molar-refractivity contribution >= 4 is 11.7 Å². The van der Waals surface area contributed by atoms with Crippen LogP contribution in [-0.4, -0.2) is 30.5 Å². The van der Waals surface area contributed by atoms with Gasteiger partial charge < -0.3 is 10.2 Å². The molecule has 1 aromatic heterocycles. The molecular formula is C14H21N3O. The SMILES string of the molecule is CC(C)(C)Cc1ccc(N2CCNC(=O)C2)nc1. The summed E-state index contributed by atoms with van der Waals surface area (Å²) in [6.45, 7) is 8.59. The van der Waals surface area contributed by atoms with Gasteiger partial charge in [-0.1, -0.05) is 26.8 Å². The molecule has 98 valence electrons. The second kappa shape index (κ2) is 4.96. The van der Waals surface area contributed by atoms with Crippen LogP contribution in [0, 0.1) is 5.41 Å². The topological polar surface area (TPSA) is 45.2 Å². The molecule has 0 radical (unpaired) electrons. The molecule has 1 fully saturated rings. The number of hydrogen-bond acceptors (Lipinski definition) is 3. The molecule has 2 rings (SSSR count). The molecule has 1 aliphatic heterocycles. The van der Waals surface area contributed by atoms with E-state index in [1.807, 2.05) is 17.2 Å². The summed E-state index contributed by atoms with van der Waals surface area (Å²) in [5.74, 6) is 0.962.